The molecule has 142 valence electrons. The highest BCUT2D eigenvalue weighted by Crippen LogP contribution is 2.64. The largest absolute Gasteiger partial charge is 0.497 e. The van der Waals surface area contributed by atoms with Crippen LogP contribution in [0.25, 0.3) is 0 Å². The van der Waals surface area contributed by atoms with Crippen LogP contribution in [-0.2, 0) is 14.6 Å². The van der Waals surface area contributed by atoms with E-state index in [0.29, 0.717) is 17.4 Å². The molecule has 0 heterocycles. The number of sulfone groups is 1. The quantitative estimate of drug-likeness (QED) is 0.699. The van der Waals surface area contributed by atoms with Crippen LogP contribution in [0.5, 0.6) is 5.75 Å². The summed E-state index contributed by atoms with van der Waals surface area (Å²) in [6.45, 7) is 2.29. The summed E-state index contributed by atoms with van der Waals surface area (Å²) in [6.07, 6.45) is 0. The van der Waals surface area contributed by atoms with Gasteiger partial charge in [-0.3, -0.25) is 0 Å². The van der Waals surface area contributed by atoms with Crippen LogP contribution in [0.4, 0.5) is 0 Å². The Morgan fingerprint density at radius 2 is 1.78 bits per heavy atom. The molecule has 7 heteroatoms. The molecule has 2 aromatic rings. The molecule has 27 heavy (non-hydrogen) atoms. The molecule has 1 fully saturated rings. The molecule has 1 saturated carbocycles. The van der Waals surface area contributed by atoms with E-state index in [9.17, 15) is 13.7 Å². The Kier molecular flexibility index (Phi) is 5.48. The minimum atomic E-state index is -3.74. The molecule has 1 aliphatic rings. The van der Waals surface area contributed by atoms with Crippen LogP contribution in [0.1, 0.15) is 18.4 Å². The molecule has 0 bridgehead atoms. The molecule has 1 aliphatic carbocycles. The third-order valence-corrected chi connectivity index (χ3v) is 7.50. The third-order valence-electron chi connectivity index (χ3n) is 4.96. The first kappa shape index (κ1) is 19.7. The van der Waals surface area contributed by atoms with Gasteiger partial charge in [0.05, 0.1) is 29.9 Å². The van der Waals surface area contributed by atoms with Gasteiger partial charge in [-0.25, -0.2) is 8.42 Å². The van der Waals surface area contributed by atoms with E-state index in [2.05, 4.69) is 6.07 Å². The van der Waals surface area contributed by atoms with Crippen LogP contribution >= 0.6 is 11.6 Å². The Hall–Kier alpha value is -2.07. The van der Waals surface area contributed by atoms with Crippen molar-refractivity contribution in [1.29, 1.82) is 5.26 Å². The minimum absolute atomic E-state index is 0.0637. The molecule has 0 saturated heterocycles. The Balaban J connectivity index is 2.04. The summed E-state index contributed by atoms with van der Waals surface area (Å²) < 4.78 is 37.2. The number of hydrogen-bond acceptors (Lipinski definition) is 5. The van der Waals surface area contributed by atoms with Crippen molar-refractivity contribution in [3.63, 3.8) is 0 Å². The molecule has 0 radical (unpaired) electrons. The summed E-state index contributed by atoms with van der Waals surface area (Å²) in [4.78, 5) is 0.157. The van der Waals surface area contributed by atoms with Crippen molar-refractivity contribution in [2.75, 3.05) is 20.3 Å². The van der Waals surface area contributed by atoms with E-state index < -0.39 is 26.4 Å². The van der Waals surface area contributed by atoms with Gasteiger partial charge in [-0.1, -0.05) is 23.7 Å². The monoisotopic (exact) mass is 405 g/mol. The Bertz CT molecular complexity index is 951. The summed E-state index contributed by atoms with van der Waals surface area (Å²) in [7, 11) is -2.17. The highest BCUT2D eigenvalue weighted by molar-refractivity contribution is 7.92. The average Bonchev–Trinajstić information content (AvgIpc) is 3.37. The fourth-order valence-corrected chi connectivity index (χ4v) is 5.96. The zero-order valence-corrected chi connectivity index (χ0v) is 16.6. The maximum atomic E-state index is 13.3. The lowest BCUT2D eigenvalue weighted by molar-refractivity contribution is 0.117. The van der Waals surface area contributed by atoms with E-state index in [0.717, 1.165) is 5.56 Å². The van der Waals surface area contributed by atoms with E-state index >= 15 is 0 Å². The lowest BCUT2D eigenvalue weighted by Gasteiger charge is -2.10. The molecule has 0 N–H and O–H groups in total. The van der Waals surface area contributed by atoms with Gasteiger partial charge >= 0.3 is 0 Å². The number of nitrogens with zero attached hydrogens (tertiary/aromatic N) is 1. The van der Waals surface area contributed by atoms with E-state index in [-0.39, 0.29) is 11.5 Å². The second-order valence-electron chi connectivity index (χ2n) is 6.46. The van der Waals surface area contributed by atoms with E-state index in [1.165, 1.54) is 24.3 Å². The molecular weight excluding hydrogens is 386 g/mol. The second kappa shape index (κ2) is 7.51. The van der Waals surface area contributed by atoms with E-state index in [4.69, 9.17) is 21.1 Å². The number of methoxy groups -OCH3 is 1. The van der Waals surface area contributed by atoms with E-state index in [1.807, 2.05) is 6.92 Å². The molecule has 0 spiro atoms. The predicted octanol–water partition coefficient (Wildman–Crippen LogP) is 3.83. The third kappa shape index (κ3) is 3.43. The first-order chi connectivity index (χ1) is 12.9. The zero-order chi connectivity index (χ0) is 19.7. The summed E-state index contributed by atoms with van der Waals surface area (Å²) >= 11 is 5.88. The molecule has 3 atom stereocenters. The number of benzene rings is 2. The zero-order valence-electron chi connectivity index (χ0n) is 15.1. The molecule has 0 aliphatic heterocycles. The molecule has 2 aromatic carbocycles. The lowest BCUT2D eigenvalue weighted by Crippen LogP contribution is -2.19. The van der Waals surface area contributed by atoms with Gasteiger partial charge in [0, 0.05) is 17.5 Å². The summed E-state index contributed by atoms with van der Waals surface area (Å²) in [6, 6.07) is 15.4. The number of halogens is 1. The molecule has 3 rings (SSSR count). The standard InChI is InChI=1S/C20H20ClNO4S/c1-3-26-13-20(12-22)18(14-4-8-16(25-2)9-5-14)19(20)27(23,24)17-10-6-15(21)7-11-17/h4-11,18-19H,3,13H2,1-2H3/t18-,19+,20+/m1/s1. The van der Waals surface area contributed by atoms with Crippen molar-refractivity contribution < 1.29 is 17.9 Å². The highest BCUT2D eigenvalue weighted by Gasteiger charge is 2.72. The second-order valence-corrected chi connectivity index (χ2v) is 8.97. The van der Waals surface area contributed by atoms with Crippen molar-refractivity contribution in [2.24, 2.45) is 5.41 Å². The first-order valence-corrected chi connectivity index (χ1v) is 10.5. The van der Waals surface area contributed by atoms with Gasteiger partial charge in [0.1, 0.15) is 11.2 Å². The van der Waals surface area contributed by atoms with Gasteiger partial charge in [0.15, 0.2) is 9.84 Å². The van der Waals surface area contributed by atoms with Crippen molar-refractivity contribution >= 4 is 21.4 Å². The Morgan fingerprint density at radius 3 is 2.30 bits per heavy atom. The normalized spacial score (nSPS) is 24.2. The van der Waals surface area contributed by atoms with Crippen molar-refractivity contribution in [3.05, 3.63) is 59.1 Å². The van der Waals surface area contributed by atoms with Crippen LogP contribution in [0.2, 0.25) is 5.02 Å². The maximum Gasteiger partial charge on any atom is 0.183 e. The summed E-state index contributed by atoms with van der Waals surface area (Å²) in [5.41, 5.74) is -0.345. The number of nitriles is 1. The topological polar surface area (TPSA) is 76.4 Å². The van der Waals surface area contributed by atoms with Crippen molar-refractivity contribution in [2.45, 2.75) is 23.0 Å². The molecule has 0 aromatic heterocycles. The van der Waals surface area contributed by atoms with Crippen LogP contribution in [0.3, 0.4) is 0 Å². The summed E-state index contributed by atoms with van der Waals surface area (Å²) in [5.74, 6) is 0.199. The van der Waals surface area contributed by atoms with Gasteiger partial charge in [-0.15, -0.1) is 0 Å². The predicted molar refractivity (Wildman–Crippen MR) is 103 cm³/mol. The molecular formula is C20H20ClNO4S. The molecule has 0 unspecified atom stereocenters. The average molecular weight is 406 g/mol. The maximum absolute atomic E-state index is 13.3. The van der Waals surface area contributed by atoms with Crippen molar-refractivity contribution in [1.82, 2.24) is 0 Å². The molecule has 5 nitrogen and oxygen atoms in total. The van der Waals surface area contributed by atoms with Gasteiger partial charge in [0.25, 0.3) is 0 Å². The number of rotatable bonds is 7. The summed E-state index contributed by atoms with van der Waals surface area (Å²) in [5, 5.41) is 9.48. The van der Waals surface area contributed by atoms with E-state index in [1.54, 1.807) is 31.4 Å². The fraction of sp³-hybridized carbons (Fsp3) is 0.350. The smallest absolute Gasteiger partial charge is 0.183 e. The van der Waals surface area contributed by atoms with Crippen LogP contribution in [0, 0.1) is 16.7 Å². The Labute approximate surface area is 164 Å². The van der Waals surface area contributed by atoms with Gasteiger partial charge in [0.2, 0.25) is 0 Å². The number of hydrogen-bond donors (Lipinski definition) is 0. The lowest BCUT2D eigenvalue weighted by atomic mass is 10.0. The van der Waals surface area contributed by atoms with Crippen molar-refractivity contribution in [3.8, 4) is 11.8 Å². The van der Waals surface area contributed by atoms with Gasteiger partial charge in [-0.2, -0.15) is 5.26 Å². The van der Waals surface area contributed by atoms with Crippen LogP contribution < -0.4 is 4.74 Å². The fourth-order valence-electron chi connectivity index (χ4n) is 3.52. The van der Waals surface area contributed by atoms with Crippen LogP contribution in [0.15, 0.2) is 53.4 Å². The first-order valence-electron chi connectivity index (χ1n) is 8.53. The van der Waals surface area contributed by atoms with Gasteiger partial charge in [-0.05, 0) is 48.9 Å². The Morgan fingerprint density at radius 1 is 1.15 bits per heavy atom. The number of ether oxygens (including phenoxy) is 2. The SMILES string of the molecule is CCOC[C@@]1(C#N)[C@H](c2ccc(OC)cc2)[C@@H]1S(=O)(=O)c1ccc(Cl)cc1. The van der Waals surface area contributed by atoms with Crippen LogP contribution in [-0.4, -0.2) is 34.0 Å². The highest BCUT2D eigenvalue weighted by atomic mass is 35.5. The minimum Gasteiger partial charge on any atom is -0.497 e. The van der Waals surface area contributed by atoms with Gasteiger partial charge < -0.3 is 9.47 Å². The molecule has 0 amide bonds.